The molecule has 0 heterocycles. The molecule has 8 aromatic rings. The van der Waals surface area contributed by atoms with Gasteiger partial charge in [-0.15, -0.1) is 0 Å². The molecule has 1 nitrogen and oxygen atoms in total. The Labute approximate surface area is 419 Å². The normalized spacial score (nSPS) is 11.9. The lowest BCUT2D eigenvalue weighted by Crippen LogP contribution is -2.30. The van der Waals surface area contributed by atoms with Crippen molar-refractivity contribution in [2.24, 2.45) is 0 Å². The number of anilines is 1. The van der Waals surface area contributed by atoms with E-state index in [1.807, 2.05) is 72.7 Å². The van der Waals surface area contributed by atoms with Gasteiger partial charge in [-0.3, -0.25) is 0 Å². The van der Waals surface area contributed by atoms with E-state index in [1.54, 1.807) is 0 Å². The maximum absolute atomic E-state index is 5.43. The minimum Gasteiger partial charge on any atom is -0.399 e. The summed E-state index contributed by atoms with van der Waals surface area (Å²) >= 11 is 0. The Hall–Kier alpha value is -6.44. The molecule has 69 heavy (non-hydrogen) atoms. The summed E-state index contributed by atoms with van der Waals surface area (Å²) in [6.07, 6.45) is 4.88. The van der Waals surface area contributed by atoms with Crippen LogP contribution in [0.4, 0.5) is 5.69 Å². The molecule has 0 bridgehead atoms. The lowest BCUT2D eigenvalue weighted by Gasteiger charge is -2.37. The van der Waals surface area contributed by atoms with Crippen molar-refractivity contribution in [2.75, 3.05) is 5.73 Å². The predicted molar refractivity (Wildman–Crippen MR) is 305 cm³/mol. The van der Waals surface area contributed by atoms with Crippen molar-refractivity contribution in [1.29, 1.82) is 0 Å². The first kappa shape index (κ1) is 55.2. The number of hydrogen-bond donors (Lipinski definition) is 1. The van der Waals surface area contributed by atoms with Crippen molar-refractivity contribution < 1.29 is 0 Å². The Morgan fingerprint density at radius 3 is 0.754 bits per heavy atom. The zero-order valence-electron chi connectivity index (χ0n) is 45.1. The summed E-state index contributed by atoms with van der Waals surface area (Å²) in [4.78, 5) is 0. The molecule has 11 rings (SSSR count). The molecule has 2 N–H and O–H groups in total. The number of rotatable bonds is 2. The molecular formula is C68H83N. The number of nitrogens with two attached hydrogens (primary N) is 1. The van der Waals surface area contributed by atoms with Crippen LogP contribution in [0.25, 0.3) is 11.1 Å². The van der Waals surface area contributed by atoms with Gasteiger partial charge in [0, 0.05) is 5.69 Å². The van der Waals surface area contributed by atoms with Crippen molar-refractivity contribution in [3.63, 3.8) is 0 Å². The van der Waals surface area contributed by atoms with Gasteiger partial charge in [0.25, 0.3) is 0 Å². The molecule has 0 spiro atoms. The van der Waals surface area contributed by atoms with Gasteiger partial charge in [0.05, 0.1) is 5.41 Å². The first-order valence-electron chi connectivity index (χ1n) is 25.7. The van der Waals surface area contributed by atoms with Crippen LogP contribution in [0.2, 0.25) is 0 Å². The van der Waals surface area contributed by atoms with Gasteiger partial charge in [0.15, 0.2) is 0 Å². The van der Waals surface area contributed by atoms with E-state index >= 15 is 0 Å². The standard InChI is InChI=1S/C31H26.3C8H10.C7H9N.3C2H6/c1-19-3-13-27-28-14-4-20(2)16-30(28)31(29(27)15-19,25-11-9-21-5-7-23(21)17-25)26-12-10-22-6-8-24(22)18-26;3*1-7-3-5-8(2)6-4-7;1-6-2-4-7(8)5-3-6;3*1-2/h3-4,9-18H,5-8H2,1-2H3;3*3-6H,1-2H3;2-5H,8H2,1H3;3*1-2H3. The van der Waals surface area contributed by atoms with Gasteiger partial charge < -0.3 is 5.73 Å². The van der Waals surface area contributed by atoms with E-state index in [-0.39, 0.29) is 5.41 Å². The van der Waals surface area contributed by atoms with Gasteiger partial charge in [0.1, 0.15) is 0 Å². The van der Waals surface area contributed by atoms with E-state index in [1.165, 1.54) is 131 Å². The Balaban J connectivity index is 0.000000222. The Morgan fingerprint density at radius 1 is 0.275 bits per heavy atom. The van der Waals surface area contributed by atoms with Crippen LogP contribution in [-0.2, 0) is 31.1 Å². The van der Waals surface area contributed by atoms with Crippen LogP contribution < -0.4 is 5.73 Å². The van der Waals surface area contributed by atoms with Crippen LogP contribution in [-0.4, -0.2) is 0 Å². The number of nitrogen functional groups attached to an aromatic ring is 1. The highest BCUT2D eigenvalue weighted by molar-refractivity contribution is 5.87. The molecule has 0 fully saturated rings. The zero-order valence-corrected chi connectivity index (χ0v) is 45.1. The molecule has 0 saturated heterocycles. The third-order valence-corrected chi connectivity index (χ3v) is 12.8. The number of fused-ring (bicyclic) bond motifs is 5. The third-order valence-electron chi connectivity index (χ3n) is 12.8. The SMILES string of the molecule is CC.CC.CC.Cc1ccc(C)cc1.Cc1ccc(C)cc1.Cc1ccc(C)cc1.Cc1ccc(N)cc1.Cc1ccc2c(c1)C(c1ccc3c(c1)CC3)(c1ccc3c(c1)CC3)c1cc(C)ccc1-2. The monoisotopic (exact) mass is 914 g/mol. The van der Waals surface area contributed by atoms with Crippen molar-refractivity contribution in [1.82, 2.24) is 0 Å². The molecular weight excluding hydrogens is 831 g/mol. The Bertz CT molecular complexity index is 2420. The summed E-state index contributed by atoms with van der Waals surface area (Å²) in [6.45, 7) is 31.1. The summed E-state index contributed by atoms with van der Waals surface area (Å²) in [7, 11) is 0. The minimum atomic E-state index is -0.238. The second-order valence-electron chi connectivity index (χ2n) is 18.2. The van der Waals surface area contributed by atoms with E-state index in [2.05, 4.69) is 201 Å². The minimum absolute atomic E-state index is 0.238. The highest BCUT2D eigenvalue weighted by Crippen LogP contribution is 2.57. The first-order valence-corrected chi connectivity index (χ1v) is 25.7. The highest BCUT2D eigenvalue weighted by atomic mass is 14.5. The fraction of sp³-hybridized carbons (Fsp3) is 0.294. The summed E-state index contributed by atoms with van der Waals surface area (Å²) < 4.78 is 0. The largest absolute Gasteiger partial charge is 0.399 e. The van der Waals surface area contributed by atoms with E-state index in [9.17, 15) is 0 Å². The van der Waals surface area contributed by atoms with Gasteiger partial charge in [0.2, 0.25) is 0 Å². The molecule has 3 aliphatic carbocycles. The second-order valence-corrected chi connectivity index (χ2v) is 18.2. The van der Waals surface area contributed by atoms with Crippen molar-refractivity contribution >= 4 is 5.69 Å². The van der Waals surface area contributed by atoms with Crippen LogP contribution in [0, 0.1) is 62.3 Å². The van der Waals surface area contributed by atoms with Gasteiger partial charge in [-0.1, -0.05) is 249 Å². The van der Waals surface area contributed by atoms with Crippen LogP contribution in [0.5, 0.6) is 0 Å². The van der Waals surface area contributed by atoms with Crippen LogP contribution in [0.15, 0.2) is 170 Å². The molecule has 0 radical (unpaired) electrons. The first-order chi connectivity index (χ1) is 33.3. The number of aryl methyl sites for hydroxylation is 13. The van der Waals surface area contributed by atoms with Gasteiger partial charge >= 0.3 is 0 Å². The van der Waals surface area contributed by atoms with Gasteiger partial charge in [-0.2, -0.15) is 0 Å². The summed E-state index contributed by atoms with van der Waals surface area (Å²) in [6, 6.07) is 62.0. The van der Waals surface area contributed by atoms with Gasteiger partial charge in [-0.05, 0) is 156 Å². The zero-order chi connectivity index (χ0) is 50.7. The average Bonchev–Trinajstić information content (AvgIpc) is 3.62. The lowest BCUT2D eigenvalue weighted by molar-refractivity contribution is 0.739. The summed E-state index contributed by atoms with van der Waals surface area (Å²) in [5, 5.41) is 0. The molecule has 1 heteroatoms. The molecule has 0 unspecified atom stereocenters. The molecule has 360 valence electrons. The highest BCUT2D eigenvalue weighted by Gasteiger charge is 2.47. The van der Waals surface area contributed by atoms with Crippen LogP contribution in [0.3, 0.4) is 0 Å². The van der Waals surface area contributed by atoms with Crippen LogP contribution >= 0.6 is 0 Å². The maximum Gasteiger partial charge on any atom is 0.0713 e. The number of hydrogen-bond acceptors (Lipinski definition) is 1. The fourth-order valence-corrected chi connectivity index (χ4v) is 8.67. The van der Waals surface area contributed by atoms with E-state index < -0.39 is 0 Å². The molecule has 0 saturated carbocycles. The van der Waals surface area contributed by atoms with Gasteiger partial charge in [-0.25, -0.2) is 0 Å². The topological polar surface area (TPSA) is 26.0 Å². The molecule has 8 aromatic carbocycles. The maximum atomic E-state index is 5.43. The van der Waals surface area contributed by atoms with Crippen LogP contribution in [0.1, 0.15) is 136 Å². The Kier molecular flexibility index (Phi) is 21.5. The molecule has 0 atom stereocenters. The molecule has 0 aliphatic heterocycles. The molecule has 0 amide bonds. The average molecular weight is 914 g/mol. The van der Waals surface area contributed by atoms with Crippen molar-refractivity contribution in [3.8, 4) is 11.1 Å². The fourth-order valence-electron chi connectivity index (χ4n) is 8.67. The summed E-state index contributed by atoms with van der Waals surface area (Å²) in [5.41, 5.74) is 32.6. The van der Waals surface area contributed by atoms with Crippen molar-refractivity contribution in [2.45, 2.75) is 135 Å². The lowest BCUT2D eigenvalue weighted by atomic mass is 9.65. The van der Waals surface area contributed by atoms with E-state index in [4.69, 9.17) is 5.73 Å². The quantitative estimate of drug-likeness (QED) is 0.172. The van der Waals surface area contributed by atoms with E-state index in [0.717, 1.165) is 5.69 Å². The third kappa shape index (κ3) is 14.3. The second kappa shape index (κ2) is 26.9. The molecule has 0 aromatic heterocycles. The number of benzene rings is 8. The smallest absolute Gasteiger partial charge is 0.0713 e. The predicted octanol–water partition coefficient (Wildman–Crippen LogP) is 18.4. The molecule has 3 aliphatic rings. The van der Waals surface area contributed by atoms with Crippen molar-refractivity contribution in [3.05, 3.63) is 264 Å². The Morgan fingerprint density at radius 2 is 0.522 bits per heavy atom. The summed E-state index contributed by atoms with van der Waals surface area (Å²) in [5.74, 6) is 0. The van der Waals surface area contributed by atoms with E-state index in [0.29, 0.717) is 0 Å².